The van der Waals surface area contributed by atoms with Gasteiger partial charge in [-0.2, -0.15) is 0 Å². The predicted molar refractivity (Wildman–Crippen MR) is 121 cm³/mol. The molecule has 3 aromatic carbocycles. The van der Waals surface area contributed by atoms with Crippen LogP contribution < -0.4 is 4.74 Å². The molecule has 0 atom stereocenters. The molecule has 0 aliphatic carbocycles. The van der Waals surface area contributed by atoms with Crippen LogP contribution in [0.1, 0.15) is 38.5 Å². The van der Waals surface area contributed by atoms with Crippen molar-refractivity contribution in [3.8, 4) is 28.0 Å². The Morgan fingerprint density at radius 3 is 1.79 bits per heavy atom. The molecule has 0 radical (unpaired) electrons. The van der Waals surface area contributed by atoms with E-state index in [0.717, 1.165) is 31.1 Å². The molecular weight excluding hydrogens is 364 g/mol. The van der Waals surface area contributed by atoms with E-state index in [-0.39, 0.29) is 0 Å². The molecule has 0 spiro atoms. The summed E-state index contributed by atoms with van der Waals surface area (Å²) in [5.41, 5.74) is 4.89. The van der Waals surface area contributed by atoms with Gasteiger partial charge >= 0.3 is 0 Å². The summed E-state index contributed by atoms with van der Waals surface area (Å²) in [5.74, 6) is 1.73. The second kappa shape index (κ2) is 11.6. The third kappa shape index (κ3) is 6.14. The van der Waals surface area contributed by atoms with Gasteiger partial charge in [-0.1, -0.05) is 92.4 Å². The lowest BCUT2D eigenvalue weighted by Crippen LogP contribution is -1.98. The van der Waals surface area contributed by atoms with Crippen LogP contribution in [0.15, 0.2) is 78.9 Å². The molecule has 0 saturated carbocycles. The summed E-state index contributed by atoms with van der Waals surface area (Å²) in [5, 5.41) is 0. The van der Waals surface area contributed by atoms with Crippen molar-refractivity contribution in [3.05, 3.63) is 78.9 Å². The molecule has 0 bridgehead atoms. The van der Waals surface area contributed by atoms with E-state index in [1.165, 1.54) is 47.9 Å². The molecule has 3 rings (SSSR count). The first-order chi connectivity index (χ1) is 13.9. The van der Waals surface area contributed by atoms with Crippen molar-refractivity contribution in [3.63, 3.8) is 0 Å². The number of ether oxygens (including phenoxy) is 1. The molecule has 0 N–H and O–H groups in total. The van der Waals surface area contributed by atoms with E-state index in [0.29, 0.717) is 0 Å². The maximum atomic E-state index is 6.07. The van der Waals surface area contributed by atoms with E-state index in [4.69, 9.17) is 16.3 Å². The number of rotatable bonds is 11. The molecule has 146 valence electrons. The molecule has 0 aliphatic rings. The van der Waals surface area contributed by atoms with Crippen molar-refractivity contribution in [2.24, 2.45) is 0 Å². The highest BCUT2D eigenvalue weighted by Crippen LogP contribution is 2.35. The highest BCUT2D eigenvalue weighted by molar-refractivity contribution is 6.17. The SMILES string of the molecule is ClCCCCCCCCOc1ccc(-c2ccccc2)c(-c2ccccc2)c1. The van der Waals surface area contributed by atoms with Gasteiger partial charge in [0, 0.05) is 5.88 Å². The van der Waals surface area contributed by atoms with Gasteiger partial charge in [0.05, 0.1) is 6.61 Å². The minimum absolute atomic E-state index is 0.772. The molecule has 0 saturated heterocycles. The van der Waals surface area contributed by atoms with Gasteiger partial charge in [-0.15, -0.1) is 11.6 Å². The molecule has 0 aromatic heterocycles. The Hall–Kier alpha value is -2.25. The van der Waals surface area contributed by atoms with Gasteiger partial charge in [0.25, 0.3) is 0 Å². The summed E-state index contributed by atoms with van der Waals surface area (Å²) < 4.78 is 6.07. The largest absolute Gasteiger partial charge is 0.494 e. The van der Waals surface area contributed by atoms with Gasteiger partial charge in [0.1, 0.15) is 5.75 Å². The number of unbranched alkanes of at least 4 members (excludes halogenated alkanes) is 5. The number of alkyl halides is 1. The summed E-state index contributed by atoms with van der Waals surface area (Å²) in [4.78, 5) is 0. The average Bonchev–Trinajstić information content (AvgIpc) is 2.77. The van der Waals surface area contributed by atoms with Crippen molar-refractivity contribution in [1.82, 2.24) is 0 Å². The van der Waals surface area contributed by atoms with Gasteiger partial charge in [0.2, 0.25) is 0 Å². The van der Waals surface area contributed by atoms with Gasteiger partial charge in [-0.3, -0.25) is 0 Å². The first-order valence-electron chi connectivity index (χ1n) is 10.3. The average molecular weight is 393 g/mol. The lowest BCUT2D eigenvalue weighted by molar-refractivity contribution is 0.304. The smallest absolute Gasteiger partial charge is 0.119 e. The Kier molecular flexibility index (Phi) is 8.46. The van der Waals surface area contributed by atoms with E-state index >= 15 is 0 Å². The second-order valence-corrected chi connectivity index (χ2v) is 7.48. The molecule has 1 nitrogen and oxygen atoms in total. The first-order valence-corrected chi connectivity index (χ1v) is 10.9. The van der Waals surface area contributed by atoms with Crippen molar-refractivity contribution in [2.45, 2.75) is 38.5 Å². The molecule has 28 heavy (non-hydrogen) atoms. The Morgan fingerprint density at radius 1 is 0.571 bits per heavy atom. The predicted octanol–water partition coefficient (Wildman–Crippen LogP) is 7.98. The maximum absolute atomic E-state index is 6.07. The summed E-state index contributed by atoms with van der Waals surface area (Å²) in [6, 6.07) is 27.5. The molecule has 0 fully saturated rings. The summed E-state index contributed by atoms with van der Waals surface area (Å²) in [7, 11) is 0. The quantitative estimate of drug-likeness (QED) is 0.237. The highest BCUT2D eigenvalue weighted by Gasteiger charge is 2.09. The van der Waals surface area contributed by atoms with Crippen LogP contribution in [0, 0.1) is 0 Å². The Bertz CT molecular complexity index is 814. The molecule has 2 heteroatoms. The monoisotopic (exact) mass is 392 g/mol. The van der Waals surface area contributed by atoms with E-state index in [9.17, 15) is 0 Å². The first kappa shape index (κ1) is 20.5. The summed E-state index contributed by atoms with van der Waals surface area (Å²) >= 11 is 5.72. The van der Waals surface area contributed by atoms with Crippen LogP contribution in [0.5, 0.6) is 5.75 Å². The van der Waals surface area contributed by atoms with Crippen LogP contribution in [-0.2, 0) is 0 Å². The van der Waals surface area contributed by atoms with Crippen LogP contribution >= 0.6 is 11.6 Å². The van der Waals surface area contributed by atoms with Gasteiger partial charge in [-0.05, 0) is 47.2 Å². The van der Waals surface area contributed by atoms with Crippen LogP contribution in [0.4, 0.5) is 0 Å². The zero-order valence-corrected chi connectivity index (χ0v) is 17.2. The van der Waals surface area contributed by atoms with Gasteiger partial charge in [0.15, 0.2) is 0 Å². The summed E-state index contributed by atoms with van der Waals surface area (Å²) in [6.07, 6.45) is 7.23. The normalized spacial score (nSPS) is 10.8. The van der Waals surface area contributed by atoms with Crippen LogP contribution in [-0.4, -0.2) is 12.5 Å². The van der Waals surface area contributed by atoms with Gasteiger partial charge < -0.3 is 4.74 Å². The topological polar surface area (TPSA) is 9.23 Å². The molecule has 0 aliphatic heterocycles. The second-order valence-electron chi connectivity index (χ2n) is 7.10. The lowest BCUT2D eigenvalue weighted by atomic mass is 9.94. The summed E-state index contributed by atoms with van der Waals surface area (Å²) in [6.45, 7) is 0.772. The van der Waals surface area contributed by atoms with E-state index in [1.807, 2.05) is 0 Å². The molecule has 0 heterocycles. The third-order valence-electron chi connectivity index (χ3n) is 4.96. The van der Waals surface area contributed by atoms with E-state index < -0.39 is 0 Å². The maximum Gasteiger partial charge on any atom is 0.119 e. The lowest BCUT2D eigenvalue weighted by Gasteiger charge is -2.14. The fourth-order valence-corrected chi connectivity index (χ4v) is 3.62. The fraction of sp³-hybridized carbons (Fsp3) is 0.308. The van der Waals surface area contributed by atoms with Crippen molar-refractivity contribution >= 4 is 11.6 Å². The minimum Gasteiger partial charge on any atom is -0.494 e. The fourth-order valence-electron chi connectivity index (χ4n) is 3.43. The standard InChI is InChI=1S/C26H29ClO/c27-19-11-3-1-2-4-12-20-28-24-17-18-25(22-13-7-5-8-14-22)26(21-24)23-15-9-6-10-16-23/h5-10,13-18,21H,1-4,11-12,19-20H2. The third-order valence-corrected chi connectivity index (χ3v) is 5.22. The highest BCUT2D eigenvalue weighted by atomic mass is 35.5. The number of hydrogen-bond acceptors (Lipinski definition) is 1. The molecule has 0 amide bonds. The van der Waals surface area contributed by atoms with Crippen molar-refractivity contribution < 1.29 is 4.74 Å². The Labute approximate surface area is 174 Å². The number of halogens is 1. The van der Waals surface area contributed by atoms with Crippen LogP contribution in [0.25, 0.3) is 22.3 Å². The molecule has 0 unspecified atom stereocenters. The Morgan fingerprint density at radius 2 is 1.14 bits per heavy atom. The van der Waals surface area contributed by atoms with Crippen molar-refractivity contribution in [1.29, 1.82) is 0 Å². The molecular formula is C26H29ClO. The van der Waals surface area contributed by atoms with Crippen LogP contribution in [0.2, 0.25) is 0 Å². The minimum atomic E-state index is 0.772. The zero-order chi connectivity index (χ0) is 19.4. The number of benzene rings is 3. The Balaban J connectivity index is 1.65. The van der Waals surface area contributed by atoms with Crippen LogP contribution in [0.3, 0.4) is 0 Å². The number of hydrogen-bond donors (Lipinski definition) is 0. The van der Waals surface area contributed by atoms with Gasteiger partial charge in [-0.25, -0.2) is 0 Å². The van der Waals surface area contributed by atoms with Crippen molar-refractivity contribution in [2.75, 3.05) is 12.5 Å². The van der Waals surface area contributed by atoms with E-state index in [2.05, 4.69) is 78.9 Å². The molecule has 3 aromatic rings. The zero-order valence-electron chi connectivity index (χ0n) is 16.4. The van der Waals surface area contributed by atoms with E-state index in [1.54, 1.807) is 0 Å².